The zero-order valence-electron chi connectivity index (χ0n) is 27.1. The van der Waals surface area contributed by atoms with Crippen LogP contribution in [0.5, 0.6) is 5.75 Å². The molecular weight excluding hydrogens is 566 g/mol. The lowest BCUT2D eigenvalue weighted by Crippen LogP contribution is -2.47. The van der Waals surface area contributed by atoms with E-state index in [2.05, 4.69) is 60.9 Å². The number of methoxy groups -OCH3 is 1. The minimum absolute atomic E-state index is 0.0408. The van der Waals surface area contributed by atoms with Crippen molar-refractivity contribution in [3.8, 4) is 17.0 Å². The standard InChI is InChI=1S/C37H47N3O5/c1-25-7-5-8-29(32-9-6-10-34(38-32)39-18-14-30(36(41)42)33(22-39)43-4)35(25)45-23-26-11-12-27-13-17-40(28-15-19-44-20-16-28)24-37(2,3)31(27)21-26/h5-12,21,28,30,33H,13-20,22-24H2,1-4H3,(H,41,42)/t30-,33+/m1/s1. The van der Waals surface area contributed by atoms with E-state index in [0.29, 0.717) is 32.2 Å². The minimum atomic E-state index is -0.806. The number of anilines is 1. The molecule has 1 N–H and O–H groups in total. The fourth-order valence-electron chi connectivity index (χ4n) is 7.46. The van der Waals surface area contributed by atoms with Crippen LogP contribution >= 0.6 is 0 Å². The third-order valence-electron chi connectivity index (χ3n) is 9.99. The molecule has 3 aliphatic heterocycles. The Morgan fingerprint density at radius 1 is 1.07 bits per heavy atom. The van der Waals surface area contributed by atoms with Crippen molar-refractivity contribution in [1.82, 2.24) is 9.88 Å². The van der Waals surface area contributed by atoms with E-state index in [0.717, 1.165) is 74.0 Å². The minimum Gasteiger partial charge on any atom is -0.488 e. The van der Waals surface area contributed by atoms with Crippen LogP contribution in [0.1, 0.15) is 55.4 Å². The first-order chi connectivity index (χ1) is 21.7. The first kappa shape index (κ1) is 31.5. The van der Waals surface area contributed by atoms with Gasteiger partial charge in [-0.1, -0.05) is 50.2 Å². The predicted octanol–water partition coefficient (Wildman–Crippen LogP) is 5.88. The van der Waals surface area contributed by atoms with E-state index in [1.165, 1.54) is 16.7 Å². The lowest BCUT2D eigenvalue weighted by Gasteiger charge is -2.38. The van der Waals surface area contributed by atoms with E-state index < -0.39 is 11.9 Å². The van der Waals surface area contributed by atoms with Crippen LogP contribution in [-0.2, 0) is 32.7 Å². The number of piperidine rings is 1. The highest BCUT2D eigenvalue weighted by Crippen LogP contribution is 2.36. The van der Waals surface area contributed by atoms with Crippen LogP contribution in [0.3, 0.4) is 0 Å². The number of nitrogens with zero attached hydrogens (tertiary/aromatic N) is 3. The molecule has 240 valence electrons. The molecule has 0 aliphatic carbocycles. The van der Waals surface area contributed by atoms with E-state index in [9.17, 15) is 9.90 Å². The zero-order valence-corrected chi connectivity index (χ0v) is 27.1. The number of aromatic nitrogens is 1. The van der Waals surface area contributed by atoms with E-state index in [-0.39, 0.29) is 11.5 Å². The van der Waals surface area contributed by atoms with Crippen LogP contribution in [0.4, 0.5) is 5.82 Å². The molecule has 0 unspecified atom stereocenters. The van der Waals surface area contributed by atoms with Crippen molar-refractivity contribution >= 4 is 11.8 Å². The zero-order chi connectivity index (χ0) is 31.6. The van der Waals surface area contributed by atoms with Crippen LogP contribution in [0, 0.1) is 12.8 Å². The van der Waals surface area contributed by atoms with Gasteiger partial charge in [0.1, 0.15) is 18.2 Å². The average molecular weight is 614 g/mol. The second-order valence-corrected chi connectivity index (χ2v) is 13.5. The molecule has 8 nitrogen and oxygen atoms in total. The Morgan fingerprint density at radius 3 is 2.64 bits per heavy atom. The molecule has 1 aromatic heterocycles. The maximum absolute atomic E-state index is 11.7. The molecule has 2 atom stereocenters. The Balaban J connectivity index is 1.20. The largest absolute Gasteiger partial charge is 0.488 e. The van der Waals surface area contributed by atoms with Crippen LogP contribution in [-0.4, -0.2) is 79.6 Å². The van der Waals surface area contributed by atoms with Crippen LogP contribution < -0.4 is 9.64 Å². The van der Waals surface area contributed by atoms with E-state index in [1.807, 2.05) is 24.3 Å². The summed E-state index contributed by atoms with van der Waals surface area (Å²) in [5.41, 5.74) is 6.92. The van der Waals surface area contributed by atoms with Gasteiger partial charge in [-0.2, -0.15) is 0 Å². The molecule has 45 heavy (non-hydrogen) atoms. The van der Waals surface area contributed by atoms with Crippen molar-refractivity contribution in [3.05, 3.63) is 76.9 Å². The number of rotatable bonds is 8. The van der Waals surface area contributed by atoms with Crippen LogP contribution in [0.25, 0.3) is 11.3 Å². The van der Waals surface area contributed by atoms with Crippen molar-refractivity contribution in [2.75, 3.05) is 51.4 Å². The lowest BCUT2D eigenvalue weighted by molar-refractivity contribution is -0.147. The van der Waals surface area contributed by atoms with Gasteiger partial charge in [-0.05, 0) is 73.1 Å². The predicted molar refractivity (Wildman–Crippen MR) is 176 cm³/mol. The molecule has 2 saturated heterocycles. The van der Waals surface area contributed by atoms with Crippen molar-refractivity contribution < 1.29 is 24.1 Å². The summed E-state index contributed by atoms with van der Waals surface area (Å²) in [5.74, 6) is 0.338. The lowest BCUT2D eigenvalue weighted by atomic mass is 9.80. The van der Waals surface area contributed by atoms with Gasteiger partial charge in [0, 0.05) is 63.5 Å². The van der Waals surface area contributed by atoms with Gasteiger partial charge in [-0.15, -0.1) is 0 Å². The maximum atomic E-state index is 11.7. The number of ether oxygens (including phenoxy) is 3. The molecule has 2 aromatic carbocycles. The fraction of sp³-hybridized carbons (Fsp3) is 0.514. The third-order valence-corrected chi connectivity index (χ3v) is 9.99. The normalized spacial score (nSPS) is 22.4. The van der Waals surface area contributed by atoms with Gasteiger partial charge in [-0.3, -0.25) is 9.69 Å². The molecule has 3 aromatic rings. The van der Waals surface area contributed by atoms with Crippen molar-refractivity contribution in [2.45, 2.75) is 70.6 Å². The van der Waals surface area contributed by atoms with Crippen molar-refractivity contribution in [2.24, 2.45) is 5.92 Å². The Kier molecular flexibility index (Phi) is 9.45. The van der Waals surface area contributed by atoms with Crippen LogP contribution in [0.2, 0.25) is 0 Å². The Morgan fingerprint density at radius 2 is 1.87 bits per heavy atom. The molecule has 6 rings (SSSR count). The number of fused-ring (bicyclic) bond motifs is 1. The molecule has 3 aliphatic rings. The van der Waals surface area contributed by atoms with Crippen molar-refractivity contribution in [1.29, 1.82) is 0 Å². The molecule has 0 saturated carbocycles. The topological polar surface area (TPSA) is 84.4 Å². The fourth-order valence-corrected chi connectivity index (χ4v) is 7.46. The highest BCUT2D eigenvalue weighted by atomic mass is 16.5. The third kappa shape index (κ3) is 6.88. The van der Waals surface area contributed by atoms with Crippen molar-refractivity contribution in [3.63, 3.8) is 0 Å². The Hall–Kier alpha value is -3.46. The summed E-state index contributed by atoms with van der Waals surface area (Å²) in [7, 11) is 1.58. The number of carboxylic acid groups (broad SMARTS) is 1. The maximum Gasteiger partial charge on any atom is 0.309 e. The quantitative estimate of drug-likeness (QED) is 0.338. The number of aliphatic carboxylic acids is 1. The number of hydrogen-bond acceptors (Lipinski definition) is 7. The van der Waals surface area contributed by atoms with Gasteiger partial charge < -0.3 is 24.2 Å². The molecule has 0 bridgehead atoms. The number of pyridine rings is 1. The number of benzene rings is 2. The summed E-state index contributed by atoms with van der Waals surface area (Å²) in [5, 5.41) is 9.60. The van der Waals surface area contributed by atoms with Gasteiger partial charge in [0.25, 0.3) is 0 Å². The van der Waals surface area contributed by atoms with Gasteiger partial charge in [-0.25, -0.2) is 4.98 Å². The molecular formula is C37H47N3O5. The number of aryl methyl sites for hydroxylation is 1. The number of hydrogen-bond donors (Lipinski definition) is 1. The molecule has 4 heterocycles. The summed E-state index contributed by atoms with van der Waals surface area (Å²) < 4.78 is 17.8. The highest BCUT2D eigenvalue weighted by Gasteiger charge is 2.35. The van der Waals surface area contributed by atoms with Gasteiger partial charge >= 0.3 is 5.97 Å². The summed E-state index contributed by atoms with van der Waals surface area (Å²) in [4.78, 5) is 21.5. The Labute approximate surface area is 267 Å². The number of carboxylic acids is 1. The van der Waals surface area contributed by atoms with Crippen LogP contribution in [0.15, 0.2) is 54.6 Å². The summed E-state index contributed by atoms with van der Waals surface area (Å²) in [6.45, 7) is 12.3. The van der Waals surface area contributed by atoms with E-state index >= 15 is 0 Å². The van der Waals surface area contributed by atoms with E-state index in [4.69, 9.17) is 19.2 Å². The van der Waals surface area contributed by atoms with Gasteiger partial charge in [0.2, 0.25) is 0 Å². The molecule has 0 amide bonds. The first-order valence-corrected chi connectivity index (χ1v) is 16.4. The molecule has 2 fully saturated rings. The highest BCUT2D eigenvalue weighted by molar-refractivity contribution is 5.72. The summed E-state index contributed by atoms with van der Waals surface area (Å²) in [6.07, 6.45) is 3.46. The average Bonchev–Trinajstić information content (AvgIpc) is 3.19. The molecule has 8 heteroatoms. The smallest absolute Gasteiger partial charge is 0.309 e. The first-order valence-electron chi connectivity index (χ1n) is 16.4. The summed E-state index contributed by atoms with van der Waals surface area (Å²) >= 11 is 0. The number of carbonyl (C=O) groups is 1. The molecule has 0 radical (unpaired) electrons. The number of para-hydroxylation sites is 1. The monoisotopic (exact) mass is 613 g/mol. The second-order valence-electron chi connectivity index (χ2n) is 13.5. The SMILES string of the molecule is CO[C@H]1CN(c2cccc(-c3cccc(C)c3OCc3ccc4c(c3)C(C)(C)CN(C3CCOCC3)CC4)n2)CC[C@H]1C(=O)O. The summed E-state index contributed by atoms with van der Waals surface area (Å²) in [6, 6.07) is 19.7. The van der Waals surface area contributed by atoms with Gasteiger partial charge in [0.05, 0.1) is 17.7 Å². The van der Waals surface area contributed by atoms with Gasteiger partial charge in [0.15, 0.2) is 0 Å². The Bertz CT molecular complexity index is 1500. The van der Waals surface area contributed by atoms with E-state index in [1.54, 1.807) is 7.11 Å². The second kappa shape index (κ2) is 13.5. The molecule has 0 spiro atoms.